The maximum absolute atomic E-state index is 13.5. The van der Waals surface area contributed by atoms with Crippen molar-refractivity contribution in [2.75, 3.05) is 24.6 Å². The van der Waals surface area contributed by atoms with Crippen molar-refractivity contribution in [3.8, 4) is 0 Å². The van der Waals surface area contributed by atoms with Gasteiger partial charge in [0.2, 0.25) is 11.6 Å². The zero-order valence-electron chi connectivity index (χ0n) is 18.3. The molecule has 0 saturated carbocycles. The van der Waals surface area contributed by atoms with Crippen LogP contribution in [0.3, 0.4) is 0 Å². The summed E-state index contributed by atoms with van der Waals surface area (Å²) in [4.78, 5) is 56.9. The van der Waals surface area contributed by atoms with Crippen LogP contribution in [0.4, 0.5) is 5.69 Å². The van der Waals surface area contributed by atoms with E-state index in [1.165, 1.54) is 9.80 Å². The second kappa shape index (κ2) is 7.98. The normalized spacial score (nSPS) is 25.5. The Morgan fingerprint density at radius 3 is 2.68 bits per heavy atom. The van der Waals surface area contributed by atoms with E-state index in [0.29, 0.717) is 30.3 Å². The molecule has 1 aromatic carbocycles. The van der Waals surface area contributed by atoms with E-state index in [-0.39, 0.29) is 36.6 Å². The first-order chi connectivity index (χ1) is 14.8. The third-order valence-electron chi connectivity index (χ3n) is 6.48. The van der Waals surface area contributed by atoms with E-state index in [4.69, 9.17) is 4.74 Å². The molecule has 3 aliphatic heterocycles. The highest BCUT2D eigenvalue weighted by Crippen LogP contribution is 2.45. The van der Waals surface area contributed by atoms with Crippen molar-refractivity contribution in [3.05, 3.63) is 29.8 Å². The Balaban J connectivity index is 1.64. The molecule has 2 saturated heterocycles. The molecule has 8 nitrogen and oxygen atoms in total. The Morgan fingerprint density at radius 1 is 1.23 bits per heavy atom. The molecular weight excluding hydrogens is 398 g/mol. The highest BCUT2D eigenvalue weighted by molar-refractivity contribution is 6.15. The van der Waals surface area contributed by atoms with Crippen LogP contribution in [0.5, 0.6) is 0 Å². The average molecular weight is 428 g/mol. The molecule has 0 spiro atoms. The minimum absolute atomic E-state index is 0.123. The van der Waals surface area contributed by atoms with Crippen molar-refractivity contribution in [2.24, 2.45) is 5.92 Å². The van der Waals surface area contributed by atoms with Crippen LogP contribution in [-0.2, 0) is 19.1 Å². The molecule has 0 N–H and O–H groups in total. The van der Waals surface area contributed by atoms with Gasteiger partial charge in [-0.25, -0.2) is 4.79 Å². The van der Waals surface area contributed by atoms with Gasteiger partial charge >= 0.3 is 5.97 Å². The first-order valence-corrected chi connectivity index (χ1v) is 11.0. The molecule has 2 fully saturated rings. The number of nitrogens with zero attached hydrogens (tertiary/aromatic N) is 3. The number of amides is 3. The molecule has 3 amide bonds. The number of anilines is 1. The Kier molecular flexibility index (Phi) is 5.49. The Morgan fingerprint density at radius 2 is 1.97 bits per heavy atom. The van der Waals surface area contributed by atoms with Crippen LogP contribution in [0.25, 0.3) is 0 Å². The van der Waals surface area contributed by atoms with Gasteiger partial charge in [-0.3, -0.25) is 19.3 Å². The van der Waals surface area contributed by atoms with E-state index in [1.54, 1.807) is 29.2 Å². The Hall–Kier alpha value is -2.90. The Bertz CT molecular complexity index is 930. The summed E-state index contributed by atoms with van der Waals surface area (Å²) in [5, 5.41) is 0. The van der Waals surface area contributed by atoms with Gasteiger partial charge in [-0.15, -0.1) is 0 Å². The van der Waals surface area contributed by atoms with Crippen LogP contribution in [0, 0.1) is 5.92 Å². The van der Waals surface area contributed by atoms with Gasteiger partial charge in [-0.1, -0.05) is 19.1 Å². The summed E-state index contributed by atoms with van der Waals surface area (Å²) in [6.45, 7) is 6.62. The van der Waals surface area contributed by atoms with E-state index in [9.17, 15) is 19.2 Å². The smallest absolute Gasteiger partial charge is 0.354 e. The lowest BCUT2D eigenvalue weighted by atomic mass is 9.95. The summed E-state index contributed by atoms with van der Waals surface area (Å²) in [6.07, 6.45) is 2.27. The van der Waals surface area contributed by atoms with Crippen molar-refractivity contribution in [2.45, 2.75) is 58.2 Å². The highest BCUT2D eigenvalue weighted by Gasteiger charge is 2.62. The number of hydrogen-bond donors (Lipinski definition) is 0. The molecule has 31 heavy (non-hydrogen) atoms. The predicted octanol–water partition coefficient (Wildman–Crippen LogP) is 2.18. The number of benzene rings is 1. The van der Waals surface area contributed by atoms with E-state index in [2.05, 4.69) is 6.92 Å². The second-order valence-electron chi connectivity index (χ2n) is 9.00. The zero-order valence-corrected chi connectivity index (χ0v) is 18.3. The first-order valence-electron chi connectivity index (χ1n) is 11.0. The number of likely N-dealkylation sites (tertiary alicyclic amines) is 1. The fourth-order valence-electron chi connectivity index (χ4n) is 5.12. The Labute approximate surface area is 182 Å². The number of rotatable bonds is 4. The standard InChI is InChI=1S/C23H29N3O5/c1-15(2)25-21(29)17-8-4-5-9-18(17)26-19(27)10-11-23(25,26)22(30)31-14-20(28)24-12-6-7-16(3)13-24/h4-5,8-9,15-16H,6-7,10-14H2,1-3H3/t16-,23-/m0/s1. The van der Waals surface area contributed by atoms with Gasteiger partial charge in [-0.2, -0.15) is 0 Å². The van der Waals surface area contributed by atoms with Crippen molar-refractivity contribution in [3.63, 3.8) is 0 Å². The molecule has 1 aromatic rings. The lowest BCUT2D eigenvalue weighted by molar-refractivity contribution is -0.163. The van der Waals surface area contributed by atoms with Crippen LogP contribution in [0.15, 0.2) is 24.3 Å². The van der Waals surface area contributed by atoms with Crippen molar-refractivity contribution < 1.29 is 23.9 Å². The molecule has 0 bridgehead atoms. The lowest BCUT2D eigenvalue weighted by Gasteiger charge is -2.50. The summed E-state index contributed by atoms with van der Waals surface area (Å²) in [5.41, 5.74) is -0.764. The predicted molar refractivity (Wildman–Crippen MR) is 113 cm³/mol. The zero-order chi connectivity index (χ0) is 22.3. The quantitative estimate of drug-likeness (QED) is 0.688. The van der Waals surface area contributed by atoms with Gasteiger partial charge in [-0.05, 0) is 44.7 Å². The largest absolute Gasteiger partial charge is 0.452 e. The van der Waals surface area contributed by atoms with E-state index >= 15 is 0 Å². The fraction of sp³-hybridized carbons (Fsp3) is 0.565. The molecule has 3 heterocycles. The summed E-state index contributed by atoms with van der Waals surface area (Å²) < 4.78 is 5.51. The third-order valence-corrected chi connectivity index (χ3v) is 6.48. The third kappa shape index (κ3) is 3.38. The monoisotopic (exact) mass is 427 g/mol. The van der Waals surface area contributed by atoms with Gasteiger partial charge in [0.25, 0.3) is 11.8 Å². The first kappa shape index (κ1) is 21.3. The number of carbonyl (C=O) groups is 4. The van der Waals surface area contributed by atoms with Gasteiger partial charge in [0.1, 0.15) is 0 Å². The molecule has 0 aliphatic carbocycles. The lowest BCUT2D eigenvalue weighted by Crippen LogP contribution is -2.70. The van der Waals surface area contributed by atoms with Gasteiger partial charge in [0, 0.05) is 32.0 Å². The molecule has 0 unspecified atom stereocenters. The number of piperidine rings is 1. The summed E-state index contributed by atoms with van der Waals surface area (Å²) in [7, 11) is 0. The van der Waals surface area contributed by atoms with E-state index in [0.717, 1.165) is 12.8 Å². The summed E-state index contributed by atoms with van der Waals surface area (Å²) in [6, 6.07) is 6.46. The SMILES string of the molecule is CC(C)N1C(=O)c2ccccc2N2C(=O)CC[C@@]21C(=O)OCC(=O)N1CCC[C@H](C)C1. The minimum atomic E-state index is -1.56. The second-order valence-corrected chi connectivity index (χ2v) is 9.00. The molecule has 4 rings (SSSR count). The topological polar surface area (TPSA) is 87.2 Å². The molecule has 0 aromatic heterocycles. The van der Waals surface area contributed by atoms with E-state index < -0.39 is 18.2 Å². The number of para-hydroxylation sites is 1. The van der Waals surface area contributed by atoms with Crippen molar-refractivity contribution >= 4 is 29.4 Å². The molecule has 0 radical (unpaired) electrons. The summed E-state index contributed by atoms with van der Waals surface area (Å²) in [5.74, 6) is -1.11. The van der Waals surface area contributed by atoms with Crippen LogP contribution >= 0.6 is 0 Å². The van der Waals surface area contributed by atoms with Crippen LogP contribution in [0.1, 0.15) is 56.8 Å². The number of esters is 1. The maximum Gasteiger partial charge on any atom is 0.354 e. The minimum Gasteiger partial charge on any atom is -0.452 e. The van der Waals surface area contributed by atoms with Crippen LogP contribution in [-0.4, -0.2) is 64.9 Å². The molecule has 8 heteroatoms. The summed E-state index contributed by atoms with van der Waals surface area (Å²) >= 11 is 0. The van der Waals surface area contributed by atoms with Crippen LogP contribution < -0.4 is 4.90 Å². The maximum atomic E-state index is 13.5. The van der Waals surface area contributed by atoms with Gasteiger partial charge in [0.15, 0.2) is 6.61 Å². The highest BCUT2D eigenvalue weighted by atomic mass is 16.5. The van der Waals surface area contributed by atoms with Gasteiger partial charge in [0.05, 0.1) is 11.3 Å². The number of hydrogen-bond acceptors (Lipinski definition) is 5. The van der Waals surface area contributed by atoms with Crippen molar-refractivity contribution in [1.29, 1.82) is 0 Å². The number of fused-ring (bicyclic) bond motifs is 3. The number of ether oxygens (including phenoxy) is 1. The average Bonchev–Trinajstić information content (AvgIpc) is 3.09. The molecule has 2 atom stereocenters. The molecule has 166 valence electrons. The van der Waals surface area contributed by atoms with Gasteiger partial charge < -0.3 is 14.5 Å². The number of carbonyl (C=O) groups excluding carboxylic acids is 4. The molecular formula is C23H29N3O5. The fourth-order valence-corrected chi connectivity index (χ4v) is 5.12. The molecule has 3 aliphatic rings. The van der Waals surface area contributed by atoms with E-state index in [1.807, 2.05) is 13.8 Å². The van der Waals surface area contributed by atoms with Crippen LogP contribution in [0.2, 0.25) is 0 Å². The van der Waals surface area contributed by atoms with Crippen molar-refractivity contribution in [1.82, 2.24) is 9.80 Å².